The lowest BCUT2D eigenvalue weighted by Crippen LogP contribution is -2.38. The summed E-state index contributed by atoms with van der Waals surface area (Å²) in [5, 5.41) is 10.7. The number of hydrogen-bond acceptors (Lipinski definition) is 4. The highest BCUT2D eigenvalue weighted by molar-refractivity contribution is 5.79. The van der Waals surface area contributed by atoms with Gasteiger partial charge in [0, 0.05) is 25.7 Å². The minimum absolute atomic E-state index is 0.358. The molecule has 0 unspecified atom stereocenters. The average Bonchev–Trinajstić information content (AvgIpc) is 3.30. The number of benzene rings is 1. The molecule has 144 valence electrons. The first-order chi connectivity index (χ1) is 13.2. The van der Waals surface area contributed by atoms with Crippen LogP contribution in [0.2, 0.25) is 0 Å². The van der Waals surface area contributed by atoms with Crippen LogP contribution in [0.5, 0.6) is 0 Å². The van der Waals surface area contributed by atoms with E-state index < -0.39 is 0 Å². The van der Waals surface area contributed by atoms with Crippen LogP contribution in [0.4, 0.5) is 0 Å². The molecule has 0 aliphatic heterocycles. The van der Waals surface area contributed by atoms with E-state index in [0.717, 1.165) is 49.0 Å². The van der Waals surface area contributed by atoms with Gasteiger partial charge in [-0.3, -0.25) is 0 Å². The number of nitrogens with zero attached hydrogens (tertiary/aromatic N) is 4. The molecule has 0 aliphatic rings. The van der Waals surface area contributed by atoms with E-state index in [-0.39, 0.29) is 0 Å². The Hall–Kier alpha value is -2.83. The molecule has 0 amide bonds. The maximum Gasteiger partial charge on any atom is 0.191 e. The van der Waals surface area contributed by atoms with Gasteiger partial charge in [-0.1, -0.05) is 31.1 Å². The molecule has 0 radical (unpaired) electrons. The van der Waals surface area contributed by atoms with Crippen molar-refractivity contribution in [1.29, 1.82) is 0 Å². The first-order valence-electron chi connectivity index (χ1n) is 9.55. The number of aliphatic imine (C=N–C) groups is 1. The zero-order valence-electron chi connectivity index (χ0n) is 16.3. The fourth-order valence-corrected chi connectivity index (χ4v) is 2.82. The lowest BCUT2D eigenvalue weighted by atomic mass is 10.1. The Kier molecular flexibility index (Phi) is 6.46. The molecule has 3 aromatic rings. The second kappa shape index (κ2) is 9.21. The summed E-state index contributed by atoms with van der Waals surface area (Å²) in [6, 6.07) is 10.2. The standard InChI is InChI=1S/C20H28N6O/c1-4-21-20(23-13-16-12-18(15(2)3)25-27-16)22-10-7-11-26-14-24-17-8-5-6-9-19(17)26/h5-6,8-9,12,14-15H,4,7,10-11,13H2,1-3H3,(H2,21,22,23). The summed E-state index contributed by atoms with van der Waals surface area (Å²) in [7, 11) is 0. The minimum Gasteiger partial charge on any atom is -0.359 e. The SMILES string of the molecule is CCNC(=NCc1cc(C(C)C)no1)NCCCn1cnc2ccccc21. The van der Waals surface area contributed by atoms with E-state index in [9.17, 15) is 0 Å². The predicted octanol–water partition coefficient (Wildman–Crippen LogP) is 3.29. The van der Waals surface area contributed by atoms with Gasteiger partial charge >= 0.3 is 0 Å². The molecule has 7 nitrogen and oxygen atoms in total. The topological polar surface area (TPSA) is 80.3 Å². The molecule has 0 saturated carbocycles. The molecule has 1 aromatic carbocycles. The minimum atomic E-state index is 0.358. The van der Waals surface area contributed by atoms with Crippen molar-refractivity contribution in [3.63, 3.8) is 0 Å². The highest BCUT2D eigenvalue weighted by Gasteiger charge is 2.07. The molecule has 2 aromatic heterocycles. The molecule has 27 heavy (non-hydrogen) atoms. The van der Waals surface area contributed by atoms with Crippen LogP contribution in [-0.4, -0.2) is 33.8 Å². The number of nitrogens with one attached hydrogen (secondary N) is 2. The smallest absolute Gasteiger partial charge is 0.191 e. The summed E-state index contributed by atoms with van der Waals surface area (Å²) >= 11 is 0. The van der Waals surface area contributed by atoms with Gasteiger partial charge in [-0.25, -0.2) is 9.98 Å². The van der Waals surface area contributed by atoms with E-state index >= 15 is 0 Å². The number of para-hydroxylation sites is 2. The number of rotatable bonds is 8. The lowest BCUT2D eigenvalue weighted by molar-refractivity contribution is 0.376. The Balaban J connectivity index is 1.50. The largest absolute Gasteiger partial charge is 0.359 e. The highest BCUT2D eigenvalue weighted by atomic mass is 16.5. The van der Waals surface area contributed by atoms with E-state index in [1.54, 1.807) is 0 Å². The Bertz CT molecular complexity index is 879. The fourth-order valence-electron chi connectivity index (χ4n) is 2.82. The molecule has 3 rings (SSSR count). The molecule has 0 bridgehead atoms. The molecule has 7 heteroatoms. The maximum absolute atomic E-state index is 5.35. The molecule has 0 spiro atoms. The summed E-state index contributed by atoms with van der Waals surface area (Å²) in [6.45, 7) is 9.27. The lowest BCUT2D eigenvalue weighted by Gasteiger charge is -2.11. The van der Waals surface area contributed by atoms with Crippen LogP contribution in [0.1, 0.15) is 44.6 Å². The van der Waals surface area contributed by atoms with Crippen LogP contribution in [-0.2, 0) is 13.1 Å². The molecule has 2 heterocycles. The first-order valence-corrected chi connectivity index (χ1v) is 9.55. The summed E-state index contributed by atoms with van der Waals surface area (Å²) in [5.41, 5.74) is 3.17. The summed E-state index contributed by atoms with van der Waals surface area (Å²) in [5.74, 6) is 1.92. The van der Waals surface area contributed by atoms with Crippen LogP contribution in [0, 0.1) is 0 Å². The second-order valence-electron chi connectivity index (χ2n) is 6.77. The van der Waals surface area contributed by atoms with Crippen molar-refractivity contribution in [2.24, 2.45) is 4.99 Å². The zero-order valence-corrected chi connectivity index (χ0v) is 16.3. The normalized spacial score (nSPS) is 12.1. The van der Waals surface area contributed by atoms with Gasteiger partial charge in [0.2, 0.25) is 0 Å². The molecule has 0 saturated heterocycles. The van der Waals surface area contributed by atoms with Crippen molar-refractivity contribution in [1.82, 2.24) is 25.3 Å². The third-order valence-electron chi connectivity index (χ3n) is 4.30. The van der Waals surface area contributed by atoms with Gasteiger partial charge in [-0.15, -0.1) is 0 Å². The van der Waals surface area contributed by atoms with Crippen molar-refractivity contribution >= 4 is 17.0 Å². The maximum atomic E-state index is 5.35. The third-order valence-corrected chi connectivity index (χ3v) is 4.30. The van der Waals surface area contributed by atoms with Gasteiger partial charge in [0.25, 0.3) is 0 Å². The van der Waals surface area contributed by atoms with Gasteiger partial charge < -0.3 is 19.7 Å². The summed E-state index contributed by atoms with van der Waals surface area (Å²) in [6.07, 6.45) is 2.88. The summed E-state index contributed by atoms with van der Waals surface area (Å²) in [4.78, 5) is 9.01. The van der Waals surface area contributed by atoms with Crippen molar-refractivity contribution in [2.45, 2.75) is 46.2 Å². The molecular weight excluding hydrogens is 340 g/mol. The highest BCUT2D eigenvalue weighted by Crippen LogP contribution is 2.14. The predicted molar refractivity (Wildman–Crippen MR) is 108 cm³/mol. The Morgan fingerprint density at radius 2 is 2.11 bits per heavy atom. The number of imidazole rings is 1. The van der Waals surface area contributed by atoms with E-state index in [0.29, 0.717) is 12.5 Å². The van der Waals surface area contributed by atoms with Crippen LogP contribution in [0.3, 0.4) is 0 Å². The molecule has 0 aliphatic carbocycles. The van der Waals surface area contributed by atoms with Crippen molar-refractivity contribution < 1.29 is 4.52 Å². The summed E-state index contributed by atoms with van der Waals surface area (Å²) < 4.78 is 7.53. The van der Waals surface area contributed by atoms with Gasteiger partial charge in [-0.2, -0.15) is 0 Å². The van der Waals surface area contributed by atoms with Crippen molar-refractivity contribution in [3.8, 4) is 0 Å². The molecular formula is C20H28N6O. The first kappa shape index (κ1) is 18.9. The number of guanidine groups is 1. The van der Waals surface area contributed by atoms with Gasteiger partial charge in [0.1, 0.15) is 6.54 Å². The van der Waals surface area contributed by atoms with Crippen LogP contribution in [0.15, 0.2) is 46.2 Å². The Labute approximate surface area is 159 Å². The van der Waals surface area contributed by atoms with Crippen LogP contribution >= 0.6 is 0 Å². The van der Waals surface area contributed by atoms with Gasteiger partial charge in [-0.05, 0) is 31.4 Å². The Morgan fingerprint density at radius 3 is 2.89 bits per heavy atom. The van der Waals surface area contributed by atoms with Crippen molar-refractivity contribution in [2.75, 3.05) is 13.1 Å². The number of fused-ring (bicyclic) bond motifs is 1. The molecule has 2 N–H and O–H groups in total. The van der Waals surface area contributed by atoms with Gasteiger partial charge in [0.15, 0.2) is 11.7 Å². The molecule has 0 fully saturated rings. The van der Waals surface area contributed by atoms with E-state index in [1.807, 2.05) is 30.6 Å². The van der Waals surface area contributed by atoms with E-state index in [2.05, 4.69) is 57.2 Å². The van der Waals surface area contributed by atoms with E-state index in [4.69, 9.17) is 4.52 Å². The van der Waals surface area contributed by atoms with E-state index in [1.165, 1.54) is 5.52 Å². The number of hydrogen-bond donors (Lipinski definition) is 2. The van der Waals surface area contributed by atoms with Gasteiger partial charge in [0.05, 0.1) is 23.1 Å². The number of aryl methyl sites for hydroxylation is 1. The van der Waals surface area contributed by atoms with Crippen molar-refractivity contribution in [3.05, 3.63) is 48.1 Å². The van der Waals surface area contributed by atoms with Crippen LogP contribution in [0.25, 0.3) is 11.0 Å². The third kappa shape index (κ3) is 5.09. The zero-order chi connectivity index (χ0) is 19.1. The average molecular weight is 368 g/mol. The number of aromatic nitrogens is 3. The monoisotopic (exact) mass is 368 g/mol. The second-order valence-corrected chi connectivity index (χ2v) is 6.77. The van der Waals surface area contributed by atoms with Crippen LogP contribution < -0.4 is 10.6 Å². The Morgan fingerprint density at radius 1 is 1.26 bits per heavy atom. The quantitative estimate of drug-likeness (QED) is 0.362. The fraction of sp³-hybridized carbons (Fsp3) is 0.450. The molecule has 0 atom stereocenters.